The molecule has 4 nitrogen and oxygen atoms in total. The van der Waals surface area contributed by atoms with Crippen molar-refractivity contribution in [2.24, 2.45) is 5.92 Å². The van der Waals surface area contributed by atoms with E-state index in [1.165, 1.54) is 0 Å². The molecule has 1 saturated carbocycles. The molecule has 1 aromatic rings. The minimum absolute atomic E-state index is 0.0937. The molecule has 0 radical (unpaired) electrons. The molecular weight excluding hydrogens is 278 g/mol. The SMILES string of the molecule is COc1ccccc1C1CC1C(=O)N1CC(C)OC(C)(C)C1. The summed E-state index contributed by atoms with van der Waals surface area (Å²) in [4.78, 5) is 14.8. The number of rotatable bonds is 3. The Morgan fingerprint density at radius 2 is 2.09 bits per heavy atom. The molecule has 120 valence electrons. The van der Waals surface area contributed by atoms with Gasteiger partial charge in [0.2, 0.25) is 5.91 Å². The van der Waals surface area contributed by atoms with Crippen LogP contribution >= 0.6 is 0 Å². The van der Waals surface area contributed by atoms with Crippen molar-refractivity contribution >= 4 is 5.91 Å². The molecule has 3 rings (SSSR count). The van der Waals surface area contributed by atoms with Crippen LogP contribution in [0.2, 0.25) is 0 Å². The molecular formula is C18H25NO3. The molecule has 22 heavy (non-hydrogen) atoms. The molecule has 0 N–H and O–H groups in total. The van der Waals surface area contributed by atoms with Crippen LogP contribution in [0.15, 0.2) is 24.3 Å². The van der Waals surface area contributed by atoms with Crippen molar-refractivity contribution in [3.63, 3.8) is 0 Å². The second-order valence-corrected chi connectivity index (χ2v) is 7.10. The van der Waals surface area contributed by atoms with Crippen molar-refractivity contribution in [2.45, 2.75) is 44.8 Å². The number of amides is 1. The number of carbonyl (C=O) groups is 1. The van der Waals surface area contributed by atoms with Gasteiger partial charge in [0, 0.05) is 19.0 Å². The molecule has 2 fully saturated rings. The van der Waals surface area contributed by atoms with Gasteiger partial charge in [0.1, 0.15) is 5.75 Å². The third-order valence-corrected chi connectivity index (χ3v) is 4.53. The zero-order valence-corrected chi connectivity index (χ0v) is 13.8. The molecule has 3 unspecified atom stereocenters. The first-order valence-corrected chi connectivity index (χ1v) is 8.01. The number of nitrogens with zero attached hydrogens (tertiary/aromatic N) is 1. The summed E-state index contributed by atoms with van der Waals surface area (Å²) in [5.74, 6) is 1.54. The Labute approximate surface area is 132 Å². The second-order valence-electron chi connectivity index (χ2n) is 7.10. The zero-order valence-electron chi connectivity index (χ0n) is 13.8. The monoisotopic (exact) mass is 303 g/mol. The highest BCUT2D eigenvalue weighted by Gasteiger charge is 2.48. The number of methoxy groups -OCH3 is 1. The van der Waals surface area contributed by atoms with Crippen LogP contribution in [0.4, 0.5) is 0 Å². The normalized spacial score (nSPS) is 30.0. The second kappa shape index (κ2) is 5.58. The summed E-state index contributed by atoms with van der Waals surface area (Å²) in [6.07, 6.45) is 1.02. The average Bonchev–Trinajstić information content (AvgIpc) is 3.24. The third-order valence-electron chi connectivity index (χ3n) is 4.53. The number of carbonyl (C=O) groups excluding carboxylic acids is 1. The van der Waals surface area contributed by atoms with Gasteiger partial charge in [0.15, 0.2) is 0 Å². The van der Waals surface area contributed by atoms with Crippen LogP contribution in [0.1, 0.15) is 38.7 Å². The fraction of sp³-hybridized carbons (Fsp3) is 0.611. The van der Waals surface area contributed by atoms with E-state index >= 15 is 0 Å². The molecule has 0 bridgehead atoms. The number of morpholine rings is 1. The Morgan fingerprint density at radius 3 is 2.77 bits per heavy atom. The van der Waals surface area contributed by atoms with E-state index in [4.69, 9.17) is 9.47 Å². The predicted octanol–water partition coefficient (Wildman–Crippen LogP) is 2.82. The fourth-order valence-corrected chi connectivity index (χ4v) is 3.64. The van der Waals surface area contributed by atoms with E-state index in [2.05, 4.69) is 6.07 Å². The van der Waals surface area contributed by atoms with Gasteiger partial charge in [0.25, 0.3) is 0 Å². The third kappa shape index (κ3) is 2.98. The van der Waals surface area contributed by atoms with E-state index in [0.29, 0.717) is 19.0 Å². The summed E-state index contributed by atoms with van der Waals surface area (Å²) < 4.78 is 11.3. The molecule has 1 amide bonds. The van der Waals surface area contributed by atoms with Crippen LogP contribution in [0, 0.1) is 5.92 Å². The van der Waals surface area contributed by atoms with Gasteiger partial charge in [-0.1, -0.05) is 18.2 Å². The molecule has 0 spiro atoms. The van der Waals surface area contributed by atoms with Crippen LogP contribution < -0.4 is 4.74 Å². The Hall–Kier alpha value is -1.55. The van der Waals surface area contributed by atoms with Crippen molar-refractivity contribution in [2.75, 3.05) is 20.2 Å². The predicted molar refractivity (Wildman–Crippen MR) is 85.0 cm³/mol. The van der Waals surface area contributed by atoms with Crippen molar-refractivity contribution < 1.29 is 14.3 Å². The largest absolute Gasteiger partial charge is 0.496 e. The topological polar surface area (TPSA) is 38.8 Å². The smallest absolute Gasteiger partial charge is 0.226 e. The molecule has 3 atom stereocenters. The van der Waals surface area contributed by atoms with E-state index in [-0.39, 0.29) is 23.5 Å². The van der Waals surface area contributed by atoms with E-state index in [1.54, 1.807) is 7.11 Å². The molecule has 1 heterocycles. The first-order valence-electron chi connectivity index (χ1n) is 8.01. The molecule has 1 aliphatic carbocycles. The average molecular weight is 303 g/mol. The van der Waals surface area contributed by atoms with Gasteiger partial charge in [-0.15, -0.1) is 0 Å². The van der Waals surface area contributed by atoms with Crippen molar-refractivity contribution in [3.05, 3.63) is 29.8 Å². The molecule has 2 aliphatic rings. The Bertz CT molecular complexity index is 569. The standard InChI is InChI=1S/C18H25NO3/c1-12-10-19(11-18(2,3)22-12)17(20)15-9-14(15)13-7-5-6-8-16(13)21-4/h5-8,12,14-15H,9-11H2,1-4H3. The van der Waals surface area contributed by atoms with Crippen LogP contribution in [0.25, 0.3) is 0 Å². The minimum Gasteiger partial charge on any atom is -0.496 e. The number of hydrogen-bond donors (Lipinski definition) is 0. The highest BCUT2D eigenvalue weighted by molar-refractivity contribution is 5.83. The first kappa shape index (κ1) is 15.3. The quantitative estimate of drug-likeness (QED) is 0.862. The number of ether oxygens (including phenoxy) is 2. The Morgan fingerprint density at radius 1 is 1.36 bits per heavy atom. The molecule has 4 heteroatoms. The van der Waals surface area contributed by atoms with Gasteiger partial charge in [0.05, 0.1) is 18.8 Å². The van der Waals surface area contributed by atoms with E-state index in [9.17, 15) is 4.79 Å². The summed E-state index contributed by atoms with van der Waals surface area (Å²) in [5.41, 5.74) is 0.895. The van der Waals surface area contributed by atoms with Crippen molar-refractivity contribution in [1.82, 2.24) is 4.90 Å². The highest BCUT2D eigenvalue weighted by Crippen LogP contribution is 2.51. The number of hydrogen-bond acceptors (Lipinski definition) is 3. The molecule has 1 saturated heterocycles. The summed E-state index contributed by atoms with van der Waals surface area (Å²) in [6, 6.07) is 8.02. The first-order chi connectivity index (χ1) is 10.4. The highest BCUT2D eigenvalue weighted by atomic mass is 16.5. The lowest BCUT2D eigenvalue weighted by Gasteiger charge is -2.41. The van der Waals surface area contributed by atoms with Gasteiger partial charge in [-0.3, -0.25) is 4.79 Å². The minimum atomic E-state index is -0.262. The summed E-state index contributed by atoms with van der Waals surface area (Å²) in [6.45, 7) is 7.50. The van der Waals surface area contributed by atoms with Gasteiger partial charge in [-0.25, -0.2) is 0 Å². The Balaban J connectivity index is 1.70. The maximum Gasteiger partial charge on any atom is 0.226 e. The van der Waals surface area contributed by atoms with Crippen LogP contribution in [-0.2, 0) is 9.53 Å². The van der Waals surface area contributed by atoms with Gasteiger partial charge in [-0.05, 0) is 44.7 Å². The van der Waals surface area contributed by atoms with Gasteiger partial charge < -0.3 is 14.4 Å². The molecule has 1 aliphatic heterocycles. The van der Waals surface area contributed by atoms with E-state index in [1.807, 2.05) is 43.9 Å². The summed E-state index contributed by atoms with van der Waals surface area (Å²) >= 11 is 0. The van der Waals surface area contributed by atoms with E-state index < -0.39 is 0 Å². The zero-order chi connectivity index (χ0) is 15.9. The lowest BCUT2D eigenvalue weighted by molar-refractivity contribution is -0.159. The molecule has 1 aromatic carbocycles. The lowest BCUT2D eigenvalue weighted by Crippen LogP contribution is -2.54. The van der Waals surface area contributed by atoms with Crippen molar-refractivity contribution in [1.29, 1.82) is 0 Å². The van der Waals surface area contributed by atoms with Gasteiger partial charge >= 0.3 is 0 Å². The fourth-order valence-electron chi connectivity index (χ4n) is 3.64. The number of benzene rings is 1. The van der Waals surface area contributed by atoms with Gasteiger partial charge in [-0.2, -0.15) is 0 Å². The van der Waals surface area contributed by atoms with Crippen LogP contribution in [0.5, 0.6) is 5.75 Å². The Kier molecular flexibility index (Phi) is 3.89. The summed E-state index contributed by atoms with van der Waals surface area (Å²) in [5, 5.41) is 0. The van der Waals surface area contributed by atoms with Crippen LogP contribution in [0.3, 0.4) is 0 Å². The van der Waals surface area contributed by atoms with E-state index in [0.717, 1.165) is 17.7 Å². The number of para-hydroxylation sites is 1. The lowest BCUT2D eigenvalue weighted by atomic mass is 10.0. The van der Waals surface area contributed by atoms with Crippen molar-refractivity contribution in [3.8, 4) is 5.75 Å². The summed E-state index contributed by atoms with van der Waals surface area (Å²) in [7, 11) is 1.68. The van der Waals surface area contributed by atoms with Crippen LogP contribution in [-0.4, -0.2) is 42.7 Å². The maximum absolute atomic E-state index is 12.8. The molecule has 0 aromatic heterocycles. The maximum atomic E-state index is 12.8.